The number of ether oxygens (including phenoxy) is 1. The molecule has 22 heavy (non-hydrogen) atoms. The van der Waals surface area contributed by atoms with Gasteiger partial charge in [0.2, 0.25) is 5.89 Å². The first-order valence-electron chi connectivity index (χ1n) is 7.56. The molecule has 0 spiro atoms. The molecule has 0 saturated carbocycles. The Morgan fingerprint density at radius 2 is 2.18 bits per heavy atom. The summed E-state index contributed by atoms with van der Waals surface area (Å²) in [6, 6.07) is 9.86. The first-order chi connectivity index (χ1) is 10.7. The standard InChI is InChI=1S/C16H21N3O3/c1-12-17-16(18-22-12)10-19-7-8-21-11-14(19)9-15(20)13-5-3-2-4-6-13/h2-6,14-15,20H,7-11H2,1H3. The van der Waals surface area contributed by atoms with E-state index in [1.165, 1.54) is 0 Å². The molecule has 1 saturated heterocycles. The summed E-state index contributed by atoms with van der Waals surface area (Å²) in [5.41, 5.74) is 0.934. The van der Waals surface area contributed by atoms with Gasteiger partial charge in [0.1, 0.15) is 0 Å². The van der Waals surface area contributed by atoms with Crippen molar-refractivity contribution in [3.05, 3.63) is 47.6 Å². The van der Waals surface area contributed by atoms with E-state index in [-0.39, 0.29) is 6.04 Å². The normalized spacial score (nSPS) is 20.9. The third-order valence-electron chi connectivity index (χ3n) is 3.94. The van der Waals surface area contributed by atoms with Gasteiger partial charge >= 0.3 is 0 Å². The van der Waals surface area contributed by atoms with Gasteiger partial charge in [-0.25, -0.2) is 0 Å². The molecule has 2 heterocycles. The van der Waals surface area contributed by atoms with Crippen LogP contribution in [0.1, 0.15) is 29.8 Å². The van der Waals surface area contributed by atoms with Gasteiger partial charge in [0.05, 0.1) is 25.9 Å². The number of benzene rings is 1. The minimum Gasteiger partial charge on any atom is -0.388 e. The highest BCUT2D eigenvalue weighted by Gasteiger charge is 2.27. The van der Waals surface area contributed by atoms with Gasteiger partial charge in [-0.1, -0.05) is 35.5 Å². The van der Waals surface area contributed by atoms with Gasteiger partial charge in [0.15, 0.2) is 5.82 Å². The average Bonchev–Trinajstić information content (AvgIpc) is 2.95. The quantitative estimate of drug-likeness (QED) is 0.906. The van der Waals surface area contributed by atoms with Crippen LogP contribution in [-0.4, -0.2) is 45.9 Å². The maximum Gasteiger partial charge on any atom is 0.223 e. The summed E-state index contributed by atoms with van der Waals surface area (Å²) < 4.78 is 10.6. The van der Waals surface area contributed by atoms with Crippen molar-refractivity contribution in [2.45, 2.75) is 32.0 Å². The van der Waals surface area contributed by atoms with Crippen molar-refractivity contribution in [3.63, 3.8) is 0 Å². The van der Waals surface area contributed by atoms with Crippen LogP contribution in [0.15, 0.2) is 34.9 Å². The number of aromatic nitrogens is 2. The van der Waals surface area contributed by atoms with Crippen LogP contribution in [0.4, 0.5) is 0 Å². The van der Waals surface area contributed by atoms with E-state index in [4.69, 9.17) is 9.26 Å². The average molecular weight is 303 g/mol. The summed E-state index contributed by atoms with van der Waals surface area (Å²) in [5.74, 6) is 1.25. The van der Waals surface area contributed by atoms with Crippen molar-refractivity contribution in [1.82, 2.24) is 15.0 Å². The van der Waals surface area contributed by atoms with Crippen molar-refractivity contribution in [2.75, 3.05) is 19.8 Å². The van der Waals surface area contributed by atoms with Gasteiger partial charge in [0, 0.05) is 19.5 Å². The lowest BCUT2D eigenvalue weighted by Crippen LogP contribution is -2.45. The van der Waals surface area contributed by atoms with Crippen LogP contribution in [0.5, 0.6) is 0 Å². The molecule has 6 nitrogen and oxygen atoms in total. The van der Waals surface area contributed by atoms with Crippen molar-refractivity contribution in [3.8, 4) is 0 Å². The molecule has 3 rings (SSSR count). The molecule has 118 valence electrons. The zero-order valence-electron chi connectivity index (χ0n) is 12.7. The van der Waals surface area contributed by atoms with Crippen LogP contribution in [0, 0.1) is 6.92 Å². The first kappa shape index (κ1) is 15.1. The van der Waals surface area contributed by atoms with Crippen molar-refractivity contribution in [2.24, 2.45) is 0 Å². The third-order valence-corrected chi connectivity index (χ3v) is 3.94. The number of morpholine rings is 1. The van der Waals surface area contributed by atoms with Crippen LogP contribution in [0.25, 0.3) is 0 Å². The second-order valence-corrected chi connectivity index (χ2v) is 5.59. The molecular weight excluding hydrogens is 282 g/mol. The Hall–Kier alpha value is -1.76. The Balaban J connectivity index is 1.64. The van der Waals surface area contributed by atoms with Gasteiger partial charge in [-0.2, -0.15) is 4.98 Å². The van der Waals surface area contributed by atoms with Crippen LogP contribution in [-0.2, 0) is 11.3 Å². The van der Waals surface area contributed by atoms with Gasteiger partial charge < -0.3 is 14.4 Å². The fourth-order valence-corrected chi connectivity index (χ4v) is 2.77. The molecule has 1 aromatic carbocycles. The molecule has 1 aromatic heterocycles. The van der Waals surface area contributed by atoms with E-state index in [2.05, 4.69) is 15.0 Å². The largest absolute Gasteiger partial charge is 0.388 e. The van der Waals surface area contributed by atoms with E-state index in [9.17, 15) is 5.11 Å². The lowest BCUT2D eigenvalue weighted by molar-refractivity contribution is -0.0312. The van der Waals surface area contributed by atoms with Crippen LogP contribution >= 0.6 is 0 Å². The monoisotopic (exact) mass is 303 g/mol. The maximum atomic E-state index is 10.4. The highest BCUT2D eigenvalue weighted by molar-refractivity contribution is 5.17. The number of hydrogen-bond donors (Lipinski definition) is 1. The van der Waals surface area contributed by atoms with E-state index in [1.54, 1.807) is 6.92 Å². The van der Waals surface area contributed by atoms with E-state index < -0.39 is 6.10 Å². The summed E-state index contributed by atoms with van der Waals surface area (Å²) in [6.07, 6.45) is 0.128. The van der Waals surface area contributed by atoms with Gasteiger partial charge in [0.25, 0.3) is 0 Å². The lowest BCUT2D eigenvalue weighted by Gasteiger charge is -2.35. The van der Waals surface area contributed by atoms with Gasteiger partial charge in [-0.15, -0.1) is 0 Å². The summed E-state index contributed by atoms with van der Waals surface area (Å²) >= 11 is 0. The second-order valence-electron chi connectivity index (χ2n) is 5.59. The molecule has 0 bridgehead atoms. The summed E-state index contributed by atoms with van der Waals surface area (Å²) in [5, 5.41) is 14.4. The smallest absolute Gasteiger partial charge is 0.223 e. The SMILES string of the molecule is Cc1nc(CN2CCOCC2CC(O)c2ccccc2)no1. The van der Waals surface area contributed by atoms with E-state index >= 15 is 0 Å². The molecule has 2 atom stereocenters. The molecule has 6 heteroatoms. The summed E-state index contributed by atoms with van der Waals surface area (Å²) in [4.78, 5) is 6.50. The topological polar surface area (TPSA) is 71.6 Å². The van der Waals surface area contributed by atoms with Crippen molar-refractivity contribution >= 4 is 0 Å². The summed E-state index contributed by atoms with van der Waals surface area (Å²) in [6.45, 7) is 4.51. The Bertz CT molecular complexity index is 587. The van der Waals surface area contributed by atoms with E-state index in [1.807, 2.05) is 30.3 Å². The number of nitrogens with zero attached hydrogens (tertiary/aromatic N) is 3. The van der Waals surface area contributed by atoms with Gasteiger partial charge in [-0.05, 0) is 12.0 Å². The van der Waals surface area contributed by atoms with E-state index in [0.717, 1.165) is 12.1 Å². The van der Waals surface area contributed by atoms with Crippen LogP contribution in [0.3, 0.4) is 0 Å². The molecule has 0 aliphatic carbocycles. The molecule has 1 aliphatic heterocycles. The maximum absolute atomic E-state index is 10.4. The number of aryl methyl sites for hydroxylation is 1. The highest BCUT2D eigenvalue weighted by atomic mass is 16.5. The Morgan fingerprint density at radius 3 is 2.91 bits per heavy atom. The molecule has 2 aromatic rings. The molecule has 1 fully saturated rings. The predicted molar refractivity (Wildman–Crippen MR) is 80.1 cm³/mol. The minimum absolute atomic E-state index is 0.141. The highest BCUT2D eigenvalue weighted by Crippen LogP contribution is 2.23. The van der Waals surface area contributed by atoms with Gasteiger partial charge in [-0.3, -0.25) is 4.90 Å². The zero-order chi connectivity index (χ0) is 15.4. The Kier molecular flexibility index (Phi) is 4.82. The third kappa shape index (κ3) is 3.71. The van der Waals surface area contributed by atoms with Crippen molar-refractivity contribution < 1.29 is 14.4 Å². The zero-order valence-corrected chi connectivity index (χ0v) is 12.7. The summed E-state index contributed by atoms with van der Waals surface area (Å²) in [7, 11) is 0. The molecule has 1 N–H and O–H groups in total. The Labute approximate surface area is 129 Å². The van der Waals surface area contributed by atoms with Crippen molar-refractivity contribution in [1.29, 1.82) is 0 Å². The molecule has 0 amide bonds. The number of hydrogen-bond acceptors (Lipinski definition) is 6. The van der Waals surface area contributed by atoms with Crippen LogP contribution < -0.4 is 0 Å². The fraction of sp³-hybridized carbons (Fsp3) is 0.500. The lowest BCUT2D eigenvalue weighted by atomic mass is 10.0. The Morgan fingerprint density at radius 1 is 1.36 bits per heavy atom. The number of aliphatic hydroxyl groups excluding tert-OH is 1. The number of aliphatic hydroxyl groups is 1. The molecule has 0 radical (unpaired) electrons. The first-order valence-corrected chi connectivity index (χ1v) is 7.56. The second kappa shape index (κ2) is 7.00. The number of rotatable bonds is 5. The predicted octanol–water partition coefficient (Wildman–Crippen LogP) is 1.70. The molecule has 2 unspecified atom stereocenters. The van der Waals surface area contributed by atoms with E-state index in [0.29, 0.717) is 37.9 Å². The molecular formula is C16H21N3O3. The fourth-order valence-electron chi connectivity index (χ4n) is 2.77. The molecule has 1 aliphatic rings. The minimum atomic E-state index is -0.498. The van der Waals surface area contributed by atoms with Crippen LogP contribution in [0.2, 0.25) is 0 Å².